The molecule has 1 atom stereocenters. The van der Waals surface area contributed by atoms with E-state index >= 15 is 0 Å². The van der Waals surface area contributed by atoms with E-state index in [9.17, 15) is 14.4 Å². The van der Waals surface area contributed by atoms with Gasteiger partial charge in [0.15, 0.2) is 0 Å². The molecule has 0 fully saturated rings. The molecule has 0 saturated carbocycles. The van der Waals surface area contributed by atoms with Gasteiger partial charge in [0.1, 0.15) is 6.04 Å². The summed E-state index contributed by atoms with van der Waals surface area (Å²) < 4.78 is 0. The minimum absolute atomic E-state index is 0.266. The van der Waals surface area contributed by atoms with E-state index in [0.717, 1.165) is 5.56 Å². The van der Waals surface area contributed by atoms with Crippen LogP contribution in [-0.2, 0) is 16.1 Å². The highest BCUT2D eigenvalue weighted by molar-refractivity contribution is 5.87. The third kappa shape index (κ3) is 4.92. The van der Waals surface area contributed by atoms with E-state index in [4.69, 9.17) is 10.8 Å². The van der Waals surface area contributed by atoms with Crippen molar-refractivity contribution in [1.29, 1.82) is 0 Å². The van der Waals surface area contributed by atoms with Crippen molar-refractivity contribution >= 4 is 17.9 Å². The molecule has 0 spiro atoms. The van der Waals surface area contributed by atoms with Crippen molar-refractivity contribution in [3.05, 3.63) is 30.1 Å². The van der Waals surface area contributed by atoms with Gasteiger partial charge in [0.2, 0.25) is 5.91 Å². The zero-order valence-electron chi connectivity index (χ0n) is 10.9. The molecular weight excluding hydrogens is 264 g/mol. The number of hydrogen-bond acceptors (Lipinski definition) is 4. The molecule has 3 amide bonds. The number of carboxylic acid groups (broad SMARTS) is 1. The Morgan fingerprint density at radius 3 is 2.70 bits per heavy atom. The third-order valence-electron chi connectivity index (χ3n) is 2.49. The summed E-state index contributed by atoms with van der Waals surface area (Å²) in [6.45, 7) is 0.266. The summed E-state index contributed by atoms with van der Waals surface area (Å²) in [7, 11) is 1.51. The number of pyridine rings is 1. The van der Waals surface area contributed by atoms with Crippen LogP contribution in [0.25, 0.3) is 0 Å². The topological polar surface area (TPSA) is 126 Å². The van der Waals surface area contributed by atoms with Crippen molar-refractivity contribution in [1.82, 2.24) is 15.2 Å². The third-order valence-corrected chi connectivity index (χ3v) is 2.49. The molecule has 4 N–H and O–H groups in total. The average molecular weight is 280 g/mol. The summed E-state index contributed by atoms with van der Waals surface area (Å²) in [5.74, 6) is -2.11. The Kier molecular flexibility index (Phi) is 5.45. The van der Waals surface area contributed by atoms with Crippen molar-refractivity contribution in [2.75, 3.05) is 7.05 Å². The normalized spacial score (nSPS) is 11.4. The van der Waals surface area contributed by atoms with E-state index in [0.29, 0.717) is 0 Å². The number of rotatable bonds is 6. The van der Waals surface area contributed by atoms with E-state index < -0.39 is 30.4 Å². The Morgan fingerprint density at radius 1 is 1.50 bits per heavy atom. The van der Waals surface area contributed by atoms with Crippen LogP contribution in [0.4, 0.5) is 4.79 Å². The smallest absolute Gasteiger partial charge is 0.326 e. The number of nitrogens with zero attached hydrogens (tertiary/aromatic N) is 2. The highest BCUT2D eigenvalue weighted by Crippen LogP contribution is 2.02. The Labute approximate surface area is 115 Å². The highest BCUT2D eigenvalue weighted by Gasteiger charge is 2.23. The molecule has 0 aromatic carbocycles. The lowest BCUT2D eigenvalue weighted by Gasteiger charge is -2.20. The van der Waals surface area contributed by atoms with Crippen LogP contribution in [0.15, 0.2) is 24.5 Å². The standard InChI is InChI=1S/C12H16N4O4/c1-16(7-8-3-2-4-14-6-8)12(20)15-9(11(18)19)5-10(13)17/h2-4,6,9H,5,7H2,1H3,(H2,13,17)(H,15,20)(H,18,19)/t9-/m1/s1. The zero-order chi connectivity index (χ0) is 15.1. The molecule has 108 valence electrons. The monoisotopic (exact) mass is 280 g/mol. The SMILES string of the molecule is CN(Cc1cccnc1)C(=O)N[C@H](CC(N)=O)C(=O)O. The first kappa shape index (κ1) is 15.4. The highest BCUT2D eigenvalue weighted by atomic mass is 16.4. The van der Waals surface area contributed by atoms with E-state index in [1.54, 1.807) is 24.5 Å². The number of hydrogen-bond donors (Lipinski definition) is 3. The predicted molar refractivity (Wildman–Crippen MR) is 69.5 cm³/mol. The van der Waals surface area contributed by atoms with Gasteiger partial charge in [-0.25, -0.2) is 9.59 Å². The number of carbonyl (C=O) groups is 3. The summed E-state index contributed by atoms with van der Waals surface area (Å²) in [4.78, 5) is 38.7. The van der Waals surface area contributed by atoms with Crippen LogP contribution >= 0.6 is 0 Å². The van der Waals surface area contributed by atoms with Crippen molar-refractivity contribution in [3.63, 3.8) is 0 Å². The van der Waals surface area contributed by atoms with Crippen LogP contribution in [0.2, 0.25) is 0 Å². The predicted octanol–water partition coefficient (Wildman–Crippen LogP) is -0.448. The van der Waals surface area contributed by atoms with Gasteiger partial charge in [-0.05, 0) is 11.6 Å². The fourth-order valence-corrected chi connectivity index (χ4v) is 1.50. The van der Waals surface area contributed by atoms with E-state index in [1.807, 2.05) is 0 Å². The maximum absolute atomic E-state index is 11.8. The number of carboxylic acids is 1. The largest absolute Gasteiger partial charge is 0.480 e. The average Bonchev–Trinajstić information content (AvgIpc) is 2.38. The van der Waals surface area contributed by atoms with Gasteiger partial charge in [-0.3, -0.25) is 9.78 Å². The summed E-state index contributed by atoms with van der Waals surface area (Å²) >= 11 is 0. The minimum Gasteiger partial charge on any atom is -0.480 e. The van der Waals surface area contributed by atoms with Gasteiger partial charge in [0.05, 0.1) is 6.42 Å². The fourth-order valence-electron chi connectivity index (χ4n) is 1.50. The van der Waals surface area contributed by atoms with Gasteiger partial charge in [-0.15, -0.1) is 0 Å². The molecule has 0 aliphatic carbocycles. The maximum Gasteiger partial charge on any atom is 0.326 e. The number of amides is 3. The lowest BCUT2D eigenvalue weighted by Crippen LogP contribution is -2.48. The van der Waals surface area contributed by atoms with Crippen molar-refractivity contribution in [3.8, 4) is 0 Å². The minimum atomic E-state index is -1.34. The summed E-state index contributed by atoms with van der Waals surface area (Å²) in [5.41, 5.74) is 5.73. The maximum atomic E-state index is 11.8. The lowest BCUT2D eigenvalue weighted by molar-refractivity contribution is -0.140. The molecule has 0 saturated heterocycles. The number of aromatic nitrogens is 1. The molecule has 20 heavy (non-hydrogen) atoms. The first-order valence-corrected chi connectivity index (χ1v) is 5.81. The number of nitrogens with one attached hydrogen (secondary N) is 1. The van der Waals surface area contributed by atoms with Gasteiger partial charge in [0, 0.05) is 26.0 Å². The van der Waals surface area contributed by atoms with E-state index in [-0.39, 0.29) is 6.54 Å². The quantitative estimate of drug-likeness (QED) is 0.650. The molecule has 1 rings (SSSR count). The number of primary amides is 1. The Morgan fingerprint density at radius 2 is 2.20 bits per heavy atom. The van der Waals surface area contributed by atoms with Crippen molar-refractivity contribution in [2.24, 2.45) is 5.73 Å². The van der Waals surface area contributed by atoms with Crippen LogP contribution in [0.5, 0.6) is 0 Å². The second-order valence-electron chi connectivity index (χ2n) is 4.23. The Bertz CT molecular complexity index is 491. The second kappa shape index (κ2) is 7.07. The molecule has 0 unspecified atom stereocenters. The molecule has 1 heterocycles. The van der Waals surface area contributed by atoms with Crippen molar-refractivity contribution < 1.29 is 19.5 Å². The van der Waals surface area contributed by atoms with E-state index in [1.165, 1.54) is 11.9 Å². The number of aliphatic carboxylic acids is 1. The van der Waals surface area contributed by atoms with Crippen LogP contribution in [-0.4, -0.2) is 46.0 Å². The second-order valence-corrected chi connectivity index (χ2v) is 4.23. The van der Waals surface area contributed by atoms with E-state index in [2.05, 4.69) is 10.3 Å². The van der Waals surface area contributed by atoms with Crippen molar-refractivity contribution in [2.45, 2.75) is 19.0 Å². The first-order chi connectivity index (χ1) is 9.40. The van der Waals surface area contributed by atoms with Crippen LogP contribution < -0.4 is 11.1 Å². The number of carbonyl (C=O) groups excluding carboxylic acids is 2. The fraction of sp³-hybridized carbons (Fsp3) is 0.333. The molecule has 0 aliphatic rings. The van der Waals surface area contributed by atoms with Crippen LogP contribution in [0.3, 0.4) is 0 Å². The van der Waals surface area contributed by atoms with Gasteiger partial charge in [-0.1, -0.05) is 6.07 Å². The molecule has 8 heteroatoms. The van der Waals surface area contributed by atoms with Gasteiger partial charge in [-0.2, -0.15) is 0 Å². The van der Waals surface area contributed by atoms with Crippen LogP contribution in [0, 0.1) is 0 Å². The van der Waals surface area contributed by atoms with Gasteiger partial charge in [0.25, 0.3) is 0 Å². The number of urea groups is 1. The molecular formula is C12H16N4O4. The summed E-state index contributed by atoms with van der Waals surface area (Å²) in [6, 6.07) is 1.57. The Balaban J connectivity index is 2.59. The summed E-state index contributed by atoms with van der Waals surface area (Å²) in [6.07, 6.45) is 2.75. The summed E-state index contributed by atoms with van der Waals surface area (Å²) in [5, 5.41) is 11.1. The first-order valence-electron chi connectivity index (χ1n) is 5.81. The van der Waals surface area contributed by atoms with Gasteiger partial charge >= 0.3 is 12.0 Å². The molecule has 0 aliphatic heterocycles. The molecule has 0 bridgehead atoms. The molecule has 1 aromatic heterocycles. The number of nitrogens with two attached hydrogens (primary N) is 1. The van der Waals surface area contributed by atoms with Crippen LogP contribution in [0.1, 0.15) is 12.0 Å². The zero-order valence-corrected chi connectivity index (χ0v) is 10.9. The van der Waals surface area contributed by atoms with Gasteiger partial charge < -0.3 is 21.1 Å². The Hall–Kier alpha value is -2.64. The molecule has 1 aromatic rings. The molecule has 8 nitrogen and oxygen atoms in total. The molecule has 0 radical (unpaired) electrons. The lowest BCUT2D eigenvalue weighted by atomic mass is 10.2.